The minimum absolute atomic E-state index is 0.0285. The lowest BCUT2D eigenvalue weighted by atomic mass is 10.1. The highest BCUT2D eigenvalue weighted by Crippen LogP contribution is 2.24. The van der Waals surface area contributed by atoms with Crippen molar-refractivity contribution in [2.45, 2.75) is 26.8 Å². The Labute approximate surface area is 117 Å². The molecule has 106 valence electrons. The molecule has 6 nitrogen and oxygen atoms in total. The second-order valence-corrected chi connectivity index (χ2v) is 5.31. The molecule has 1 aliphatic heterocycles. The van der Waals surface area contributed by atoms with Gasteiger partial charge in [-0.25, -0.2) is 4.98 Å². The fourth-order valence-electron chi connectivity index (χ4n) is 2.68. The van der Waals surface area contributed by atoms with E-state index in [1.165, 1.54) is 0 Å². The number of nitrogens with zero attached hydrogens (tertiary/aromatic N) is 3. The van der Waals surface area contributed by atoms with Crippen LogP contribution < -0.4 is 5.32 Å². The molecule has 1 aliphatic rings. The summed E-state index contributed by atoms with van der Waals surface area (Å²) >= 11 is 0. The Bertz CT molecular complexity index is 664. The summed E-state index contributed by atoms with van der Waals surface area (Å²) < 4.78 is 5.19. The highest BCUT2D eigenvalue weighted by molar-refractivity contribution is 6.06. The Morgan fingerprint density at radius 2 is 2.30 bits per heavy atom. The Kier molecular flexibility index (Phi) is 3.17. The van der Waals surface area contributed by atoms with Crippen molar-refractivity contribution in [1.29, 1.82) is 0 Å². The van der Waals surface area contributed by atoms with E-state index in [2.05, 4.69) is 22.4 Å². The maximum atomic E-state index is 12.8. The minimum Gasteiger partial charge on any atom is -0.336 e. The van der Waals surface area contributed by atoms with Crippen molar-refractivity contribution in [1.82, 2.24) is 20.4 Å². The van der Waals surface area contributed by atoms with Crippen molar-refractivity contribution in [2.75, 3.05) is 19.6 Å². The van der Waals surface area contributed by atoms with E-state index in [1.807, 2.05) is 24.8 Å². The van der Waals surface area contributed by atoms with E-state index < -0.39 is 0 Å². The molecule has 3 heterocycles. The van der Waals surface area contributed by atoms with Crippen LogP contribution in [0.1, 0.15) is 28.7 Å². The zero-order valence-corrected chi connectivity index (χ0v) is 11.9. The third-order valence-corrected chi connectivity index (χ3v) is 3.74. The lowest BCUT2D eigenvalue weighted by molar-refractivity contribution is 0.0657. The molecular weight excluding hydrogens is 256 g/mol. The number of fused-ring (bicyclic) bond motifs is 1. The number of hydrogen-bond donors (Lipinski definition) is 1. The summed E-state index contributed by atoms with van der Waals surface area (Å²) in [6.45, 7) is 8.10. The lowest BCUT2D eigenvalue weighted by Crippen LogP contribution is -2.52. The fraction of sp³-hybridized carbons (Fsp3) is 0.500. The van der Waals surface area contributed by atoms with E-state index in [-0.39, 0.29) is 11.9 Å². The number of carbonyl (C=O) groups is 1. The van der Waals surface area contributed by atoms with Crippen LogP contribution in [0.25, 0.3) is 11.1 Å². The summed E-state index contributed by atoms with van der Waals surface area (Å²) in [4.78, 5) is 19.0. The van der Waals surface area contributed by atoms with E-state index in [4.69, 9.17) is 4.52 Å². The summed E-state index contributed by atoms with van der Waals surface area (Å²) in [7, 11) is 0. The Balaban J connectivity index is 2.08. The quantitative estimate of drug-likeness (QED) is 0.848. The van der Waals surface area contributed by atoms with Gasteiger partial charge < -0.3 is 14.7 Å². The first-order valence-electron chi connectivity index (χ1n) is 6.83. The van der Waals surface area contributed by atoms with Crippen LogP contribution >= 0.6 is 0 Å². The highest BCUT2D eigenvalue weighted by Gasteiger charge is 2.27. The molecule has 3 rings (SSSR count). The summed E-state index contributed by atoms with van der Waals surface area (Å²) in [6, 6.07) is 2.00. The van der Waals surface area contributed by atoms with Gasteiger partial charge in [-0.05, 0) is 26.8 Å². The largest absolute Gasteiger partial charge is 0.336 e. The van der Waals surface area contributed by atoms with Gasteiger partial charge in [0.25, 0.3) is 11.6 Å². The van der Waals surface area contributed by atoms with Gasteiger partial charge in [-0.2, -0.15) is 0 Å². The van der Waals surface area contributed by atoms with Crippen molar-refractivity contribution in [2.24, 2.45) is 0 Å². The molecule has 2 aromatic rings. The maximum Gasteiger partial charge on any atom is 0.258 e. The van der Waals surface area contributed by atoms with Crippen LogP contribution in [0.5, 0.6) is 0 Å². The van der Waals surface area contributed by atoms with Gasteiger partial charge in [0, 0.05) is 31.4 Å². The molecule has 0 bridgehead atoms. The third kappa shape index (κ3) is 2.06. The monoisotopic (exact) mass is 274 g/mol. The van der Waals surface area contributed by atoms with Gasteiger partial charge in [0.15, 0.2) is 0 Å². The smallest absolute Gasteiger partial charge is 0.258 e. The summed E-state index contributed by atoms with van der Waals surface area (Å²) in [5, 5.41) is 7.94. The van der Waals surface area contributed by atoms with Gasteiger partial charge in [0.1, 0.15) is 0 Å². The Morgan fingerprint density at radius 1 is 1.50 bits per heavy atom. The molecule has 0 saturated carbocycles. The zero-order valence-electron chi connectivity index (χ0n) is 11.9. The van der Waals surface area contributed by atoms with Gasteiger partial charge in [-0.15, -0.1) is 0 Å². The lowest BCUT2D eigenvalue weighted by Gasteiger charge is -2.34. The van der Waals surface area contributed by atoms with E-state index in [9.17, 15) is 4.79 Å². The number of pyridine rings is 1. The van der Waals surface area contributed by atoms with Crippen LogP contribution in [-0.2, 0) is 0 Å². The molecule has 6 heteroatoms. The number of piperazine rings is 1. The van der Waals surface area contributed by atoms with Gasteiger partial charge in [-0.3, -0.25) is 4.79 Å². The Hall–Kier alpha value is -1.95. The second kappa shape index (κ2) is 4.86. The van der Waals surface area contributed by atoms with Crippen LogP contribution in [0.3, 0.4) is 0 Å². The summed E-state index contributed by atoms with van der Waals surface area (Å²) in [5.41, 5.74) is 2.55. The van der Waals surface area contributed by atoms with E-state index in [0.29, 0.717) is 23.5 Å². The topological polar surface area (TPSA) is 71.3 Å². The number of hydrogen-bond acceptors (Lipinski definition) is 5. The molecule has 1 fully saturated rings. The standard InChI is InChI=1S/C14H18N4O2/c1-8-6-11(12-10(3)17-20-13(12)16-8)14(19)18-5-4-15-7-9(18)2/h6,9,15H,4-5,7H2,1-3H3/t9-/m0/s1. The van der Waals surface area contributed by atoms with E-state index in [0.717, 1.165) is 24.2 Å². The average molecular weight is 274 g/mol. The predicted octanol–water partition coefficient (Wildman–Crippen LogP) is 1.27. The molecular formula is C14H18N4O2. The number of carbonyl (C=O) groups excluding carboxylic acids is 1. The predicted molar refractivity (Wildman–Crippen MR) is 74.6 cm³/mol. The fourth-order valence-corrected chi connectivity index (χ4v) is 2.68. The first-order chi connectivity index (χ1) is 9.58. The normalized spacial score (nSPS) is 19.6. The molecule has 20 heavy (non-hydrogen) atoms. The molecule has 1 atom stereocenters. The summed E-state index contributed by atoms with van der Waals surface area (Å²) in [5.74, 6) is 0.0285. The van der Waals surface area contributed by atoms with Crippen molar-refractivity contribution in [3.05, 3.63) is 23.0 Å². The second-order valence-electron chi connectivity index (χ2n) is 5.31. The number of aryl methyl sites for hydroxylation is 2. The molecule has 1 N–H and O–H groups in total. The third-order valence-electron chi connectivity index (χ3n) is 3.74. The molecule has 2 aromatic heterocycles. The van der Waals surface area contributed by atoms with E-state index >= 15 is 0 Å². The molecule has 0 radical (unpaired) electrons. The van der Waals surface area contributed by atoms with Crippen molar-refractivity contribution in [3.63, 3.8) is 0 Å². The first-order valence-corrected chi connectivity index (χ1v) is 6.83. The van der Waals surface area contributed by atoms with Crippen LogP contribution in [0, 0.1) is 13.8 Å². The van der Waals surface area contributed by atoms with Crippen LogP contribution in [0.4, 0.5) is 0 Å². The van der Waals surface area contributed by atoms with Gasteiger partial charge in [-0.1, -0.05) is 5.16 Å². The number of amides is 1. The Morgan fingerprint density at radius 3 is 3.05 bits per heavy atom. The van der Waals surface area contributed by atoms with Crippen molar-refractivity contribution >= 4 is 17.0 Å². The molecule has 0 spiro atoms. The molecule has 1 saturated heterocycles. The average Bonchev–Trinajstić information content (AvgIpc) is 2.79. The molecule has 0 unspecified atom stereocenters. The van der Waals surface area contributed by atoms with Crippen LogP contribution in [0.2, 0.25) is 0 Å². The van der Waals surface area contributed by atoms with Crippen LogP contribution in [-0.4, -0.2) is 46.6 Å². The number of aromatic nitrogens is 2. The maximum absolute atomic E-state index is 12.8. The minimum atomic E-state index is 0.0285. The molecule has 0 aromatic carbocycles. The van der Waals surface area contributed by atoms with Crippen LogP contribution in [0.15, 0.2) is 10.6 Å². The van der Waals surface area contributed by atoms with Crippen molar-refractivity contribution in [3.8, 4) is 0 Å². The highest BCUT2D eigenvalue weighted by atomic mass is 16.5. The first kappa shape index (κ1) is 13.1. The number of nitrogens with one attached hydrogen (secondary N) is 1. The number of rotatable bonds is 1. The summed E-state index contributed by atoms with van der Waals surface area (Å²) in [6.07, 6.45) is 0. The van der Waals surface area contributed by atoms with Gasteiger partial charge >= 0.3 is 0 Å². The van der Waals surface area contributed by atoms with Gasteiger partial charge in [0.05, 0.1) is 16.6 Å². The van der Waals surface area contributed by atoms with Gasteiger partial charge in [0.2, 0.25) is 0 Å². The van der Waals surface area contributed by atoms with Crippen molar-refractivity contribution < 1.29 is 9.32 Å². The SMILES string of the molecule is Cc1cc(C(=O)N2CCNC[C@@H]2C)c2c(C)noc2n1. The molecule has 1 amide bonds. The zero-order chi connectivity index (χ0) is 14.3. The molecule has 0 aliphatic carbocycles. The van der Waals surface area contributed by atoms with E-state index in [1.54, 1.807) is 0 Å².